The van der Waals surface area contributed by atoms with E-state index < -0.39 is 0 Å². The van der Waals surface area contributed by atoms with Gasteiger partial charge in [-0.3, -0.25) is 0 Å². The summed E-state index contributed by atoms with van der Waals surface area (Å²) in [5, 5.41) is 0. The van der Waals surface area contributed by atoms with Crippen LogP contribution in [0.1, 0.15) is 52.2 Å². The molecule has 1 N–H and O–H groups in total. The first kappa shape index (κ1) is 18.3. The van der Waals surface area contributed by atoms with Gasteiger partial charge in [0.05, 0.1) is 13.2 Å². The zero-order valence-electron chi connectivity index (χ0n) is 15.7. The molecule has 3 atom stereocenters. The number of hydrogen-bond donors (Lipinski definition) is 1. The van der Waals surface area contributed by atoms with Gasteiger partial charge in [-0.1, -0.05) is 32.9 Å². The standard InChI is InChI=1S/C20H33NO2/c1-15-8-9-18(20(4,5)6)19(12-15)22-11-7-10-21-13-16(2)23-17(3)14-21/h8-9,12,16-17H,7,10-11,13-14H2,1-6H3/p+1/t16-,17+. The van der Waals surface area contributed by atoms with Crippen LogP contribution in [0.2, 0.25) is 0 Å². The molecule has 0 saturated carbocycles. The smallest absolute Gasteiger partial charge is 0.123 e. The molecule has 1 aliphatic heterocycles. The topological polar surface area (TPSA) is 22.9 Å². The van der Waals surface area contributed by atoms with Crippen LogP contribution >= 0.6 is 0 Å². The number of aryl methyl sites for hydroxylation is 1. The largest absolute Gasteiger partial charge is 0.493 e. The number of benzene rings is 1. The lowest BCUT2D eigenvalue weighted by Crippen LogP contribution is -3.15. The molecule has 0 aromatic heterocycles. The highest BCUT2D eigenvalue weighted by Crippen LogP contribution is 2.32. The Morgan fingerprint density at radius 2 is 1.83 bits per heavy atom. The van der Waals surface area contributed by atoms with Gasteiger partial charge < -0.3 is 14.4 Å². The number of morpholine rings is 1. The lowest BCUT2D eigenvalue weighted by molar-refractivity contribution is -0.915. The van der Waals surface area contributed by atoms with Crippen molar-refractivity contribution >= 4 is 0 Å². The Kier molecular flexibility index (Phi) is 6.10. The Morgan fingerprint density at radius 3 is 2.43 bits per heavy atom. The maximum Gasteiger partial charge on any atom is 0.123 e. The highest BCUT2D eigenvalue weighted by Gasteiger charge is 2.25. The van der Waals surface area contributed by atoms with Gasteiger partial charge >= 0.3 is 0 Å². The molecule has 1 aliphatic rings. The summed E-state index contributed by atoms with van der Waals surface area (Å²) in [5.74, 6) is 1.05. The molecule has 1 fully saturated rings. The zero-order valence-corrected chi connectivity index (χ0v) is 15.7. The molecule has 1 heterocycles. The molecule has 3 heteroatoms. The molecule has 23 heavy (non-hydrogen) atoms. The summed E-state index contributed by atoms with van der Waals surface area (Å²) in [6.07, 6.45) is 1.84. The fourth-order valence-corrected chi connectivity index (χ4v) is 3.47. The van der Waals surface area contributed by atoms with Crippen LogP contribution in [-0.2, 0) is 10.2 Å². The number of quaternary nitrogens is 1. The minimum atomic E-state index is 0.114. The van der Waals surface area contributed by atoms with E-state index >= 15 is 0 Å². The monoisotopic (exact) mass is 320 g/mol. The maximum absolute atomic E-state index is 6.14. The van der Waals surface area contributed by atoms with Gasteiger partial charge in [-0.15, -0.1) is 0 Å². The van der Waals surface area contributed by atoms with Gasteiger partial charge in [-0.2, -0.15) is 0 Å². The fourth-order valence-electron chi connectivity index (χ4n) is 3.47. The predicted molar refractivity (Wildman–Crippen MR) is 95.6 cm³/mol. The van der Waals surface area contributed by atoms with Crippen molar-refractivity contribution in [1.29, 1.82) is 0 Å². The number of nitrogens with one attached hydrogen (secondary N) is 1. The maximum atomic E-state index is 6.14. The van der Waals surface area contributed by atoms with E-state index in [0.29, 0.717) is 12.2 Å². The summed E-state index contributed by atoms with van der Waals surface area (Å²) in [4.78, 5) is 1.64. The Labute approximate surface area is 142 Å². The minimum Gasteiger partial charge on any atom is -0.493 e. The van der Waals surface area contributed by atoms with E-state index in [1.165, 1.54) is 11.1 Å². The van der Waals surface area contributed by atoms with Crippen LogP contribution in [0.3, 0.4) is 0 Å². The van der Waals surface area contributed by atoms with E-state index in [1.807, 2.05) is 0 Å². The first-order chi connectivity index (χ1) is 10.8. The molecule has 0 spiro atoms. The minimum absolute atomic E-state index is 0.114. The fraction of sp³-hybridized carbons (Fsp3) is 0.700. The van der Waals surface area contributed by atoms with Gasteiger partial charge in [0.15, 0.2) is 0 Å². The Bertz CT molecular complexity index is 497. The van der Waals surface area contributed by atoms with Crippen molar-refractivity contribution in [2.45, 2.75) is 65.6 Å². The molecule has 2 rings (SSSR count). The summed E-state index contributed by atoms with van der Waals surface area (Å²) in [6, 6.07) is 6.56. The van der Waals surface area contributed by atoms with E-state index in [-0.39, 0.29) is 5.41 Å². The van der Waals surface area contributed by atoms with Crippen LogP contribution in [0.5, 0.6) is 5.75 Å². The van der Waals surface area contributed by atoms with Crippen molar-refractivity contribution in [2.24, 2.45) is 0 Å². The first-order valence-electron chi connectivity index (χ1n) is 8.98. The summed E-state index contributed by atoms with van der Waals surface area (Å²) in [5.41, 5.74) is 2.67. The third-order valence-electron chi connectivity index (χ3n) is 4.49. The molecule has 0 radical (unpaired) electrons. The van der Waals surface area contributed by atoms with Crippen molar-refractivity contribution in [3.63, 3.8) is 0 Å². The summed E-state index contributed by atoms with van der Waals surface area (Å²) in [7, 11) is 0. The molecule has 1 unspecified atom stereocenters. The molecule has 1 aromatic carbocycles. The number of ether oxygens (including phenoxy) is 2. The number of hydrogen-bond acceptors (Lipinski definition) is 2. The van der Waals surface area contributed by atoms with Gasteiger partial charge in [0, 0.05) is 6.42 Å². The molecule has 0 aliphatic carbocycles. The molecule has 0 amide bonds. The molecule has 0 bridgehead atoms. The molecule has 130 valence electrons. The quantitative estimate of drug-likeness (QED) is 0.843. The Balaban J connectivity index is 1.86. The summed E-state index contributed by atoms with van der Waals surface area (Å²) in [6.45, 7) is 17.4. The molecule has 1 saturated heterocycles. The average Bonchev–Trinajstić information content (AvgIpc) is 2.41. The van der Waals surface area contributed by atoms with Gasteiger partial charge in [-0.05, 0) is 43.4 Å². The average molecular weight is 320 g/mol. The van der Waals surface area contributed by atoms with Crippen molar-refractivity contribution < 1.29 is 14.4 Å². The van der Waals surface area contributed by atoms with Crippen molar-refractivity contribution in [1.82, 2.24) is 0 Å². The third kappa shape index (κ3) is 5.50. The second-order valence-corrected chi connectivity index (χ2v) is 8.12. The zero-order chi connectivity index (χ0) is 17.0. The number of rotatable bonds is 5. The van der Waals surface area contributed by atoms with E-state index in [0.717, 1.165) is 38.4 Å². The Morgan fingerprint density at radius 1 is 1.17 bits per heavy atom. The van der Waals surface area contributed by atoms with E-state index in [4.69, 9.17) is 9.47 Å². The van der Waals surface area contributed by atoms with E-state index in [2.05, 4.69) is 59.7 Å². The van der Waals surface area contributed by atoms with Crippen LogP contribution in [0.15, 0.2) is 18.2 Å². The summed E-state index contributed by atoms with van der Waals surface area (Å²) < 4.78 is 12.0. The van der Waals surface area contributed by atoms with Crippen molar-refractivity contribution in [3.05, 3.63) is 29.3 Å². The lowest BCUT2D eigenvalue weighted by Gasteiger charge is -2.32. The van der Waals surface area contributed by atoms with Gasteiger partial charge in [0.2, 0.25) is 0 Å². The van der Waals surface area contributed by atoms with Crippen LogP contribution in [0.4, 0.5) is 0 Å². The van der Waals surface area contributed by atoms with Gasteiger partial charge in [-0.25, -0.2) is 0 Å². The van der Waals surface area contributed by atoms with Crippen molar-refractivity contribution in [3.8, 4) is 5.75 Å². The van der Waals surface area contributed by atoms with Crippen LogP contribution in [0, 0.1) is 6.92 Å². The SMILES string of the molecule is Cc1ccc(C(C)(C)C)c(OCCC[NH+]2C[C@@H](C)O[C@@H](C)C2)c1. The third-order valence-corrected chi connectivity index (χ3v) is 4.49. The van der Waals surface area contributed by atoms with Gasteiger partial charge in [0.1, 0.15) is 31.0 Å². The molecular formula is C20H34NO2+. The molecular weight excluding hydrogens is 286 g/mol. The highest BCUT2D eigenvalue weighted by atomic mass is 16.5. The summed E-state index contributed by atoms with van der Waals surface area (Å²) >= 11 is 0. The normalized spacial score (nSPS) is 25.4. The van der Waals surface area contributed by atoms with Crippen molar-refractivity contribution in [2.75, 3.05) is 26.2 Å². The van der Waals surface area contributed by atoms with Crippen LogP contribution in [-0.4, -0.2) is 38.4 Å². The van der Waals surface area contributed by atoms with Crippen LogP contribution < -0.4 is 9.64 Å². The predicted octanol–water partition coefficient (Wildman–Crippen LogP) is 2.75. The second-order valence-electron chi connectivity index (χ2n) is 8.12. The van der Waals surface area contributed by atoms with E-state index in [1.54, 1.807) is 4.90 Å². The second kappa shape index (κ2) is 7.67. The lowest BCUT2D eigenvalue weighted by atomic mass is 9.86. The van der Waals surface area contributed by atoms with Gasteiger partial charge in [0.25, 0.3) is 0 Å². The highest BCUT2D eigenvalue weighted by molar-refractivity contribution is 5.41. The Hall–Kier alpha value is -1.06. The molecule has 1 aromatic rings. The first-order valence-corrected chi connectivity index (χ1v) is 8.98. The van der Waals surface area contributed by atoms with Crippen LogP contribution in [0.25, 0.3) is 0 Å². The molecule has 3 nitrogen and oxygen atoms in total. The van der Waals surface area contributed by atoms with E-state index in [9.17, 15) is 0 Å².